The number of carbonyl (C=O) groups excluding carboxylic acids is 1. The van der Waals surface area contributed by atoms with E-state index >= 15 is 0 Å². The predicted molar refractivity (Wildman–Crippen MR) is 102 cm³/mol. The number of ether oxygens (including phenoxy) is 2. The number of rotatable bonds is 5. The van der Waals surface area contributed by atoms with Gasteiger partial charge in [0.2, 0.25) is 0 Å². The summed E-state index contributed by atoms with van der Waals surface area (Å²) in [4.78, 5) is 18.7. The van der Waals surface area contributed by atoms with E-state index in [2.05, 4.69) is 4.98 Å². The van der Waals surface area contributed by atoms with Crippen molar-refractivity contribution in [3.63, 3.8) is 0 Å². The Balaban J connectivity index is 1.49. The Bertz CT molecular complexity index is 912. The van der Waals surface area contributed by atoms with Gasteiger partial charge < -0.3 is 14.4 Å². The van der Waals surface area contributed by atoms with Crippen LogP contribution in [0, 0.1) is 6.92 Å². The smallest absolute Gasteiger partial charge is 0.260 e. The molecule has 1 aromatic carbocycles. The fraction of sp³-hybridized carbons (Fsp3) is 0.444. The van der Waals surface area contributed by atoms with Crippen molar-refractivity contribution in [2.24, 2.45) is 0 Å². The van der Waals surface area contributed by atoms with E-state index in [1.807, 2.05) is 31.5 Å². The maximum Gasteiger partial charge on any atom is 0.260 e. The largest absolute Gasteiger partial charge is 0.483 e. The fourth-order valence-electron chi connectivity index (χ4n) is 3.15. The number of aromatic nitrogens is 1. The summed E-state index contributed by atoms with van der Waals surface area (Å²) in [6.45, 7) is 3.47. The van der Waals surface area contributed by atoms with Crippen LogP contribution in [0.4, 0.5) is 0 Å². The van der Waals surface area contributed by atoms with Crippen LogP contribution in [0.1, 0.15) is 17.8 Å². The first-order valence-electron chi connectivity index (χ1n) is 8.37. The third-order valence-corrected chi connectivity index (χ3v) is 6.29. The number of aryl methyl sites for hydroxylation is 1. The third kappa shape index (κ3) is 3.36. The average molecular weight is 377 g/mol. The van der Waals surface area contributed by atoms with Gasteiger partial charge in [0, 0.05) is 31.7 Å². The first-order chi connectivity index (χ1) is 12.1. The Morgan fingerprint density at radius 3 is 3.20 bits per heavy atom. The molecule has 1 fully saturated rings. The standard InChI is InChI=1S/C18H20N2O3S2/c1-11-19-17-15(25-11)8-14(13-5-7-24-18(13)17)23-10-16(21)20(2)9-12-4-3-6-22-12/h5,7-8,12H,3-4,6,9-10H2,1-2H3. The highest BCUT2D eigenvalue weighted by Crippen LogP contribution is 2.38. The molecule has 0 spiro atoms. The summed E-state index contributed by atoms with van der Waals surface area (Å²) in [6.07, 6.45) is 2.26. The van der Waals surface area contributed by atoms with Crippen molar-refractivity contribution >= 4 is 48.9 Å². The van der Waals surface area contributed by atoms with Crippen molar-refractivity contribution in [1.82, 2.24) is 9.88 Å². The quantitative estimate of drug-likeness (QED) is 0.679. The predicted octanol–water partition coefficient (Wildman–Crippen LogP) is 3.84. The van der Waals surface area contributed by atoms with Crippen molar-refractivity contribution < 1.29 is 14.3 Å². The highest BCUT2D eigenvalue weighted by Gasteiger charge is 2.21. The fourth-order valence-corrected chi connectivity index (χ4v) is 4.98. The molecule has 3 aromatic rings. The number of fused-ring (bicyclic) bond motifs is 3. The zero-order valence-electron chi connectivity index (χ0n) is 14.3. The van der Waals surface area contributed by atoms with Crippen LogP contribution in [0.25, 0.3) is 20.3 Å². The van der Waals surface area contributed by atoms with Gasteiger partial charge in [0.1, 0.15) is 5.75 Å². The Hall–Kier alpha value is -1.70. The molecule has 0 N–H and O–H groups in total. The Morgan fingerprint density at radius 1 is 1.52 bits per heavy atom. The second-order valence-corrected chi connectivity index (χ2v) is 8.47. The molecule has 2 aromatic heterocycles. The molecule has 7 heteroatoms. The molecule has 3 heterocycles. The number of carbonyl (C=O) groups is 1. The number of benzene rings is 1. The topological polar surface area (TPSA) is 51.7 Å². The van der Waals surface area contributed by atoms with Crippen LogP contribution in [0.15, 0.2) is 17.5 Å². The van der Waals surface area contributed by atoms with Crippen molar-refractivity contribution in [3.8, 4) is 5.75 Å². The minimum atomic E-state index is -0.0283. The lowest BCUT2D eigenvalue weighted by Gasteiger charge is -2.21. The van der Waals surface area contributed by atoms with Crippen molar-refractivity contribution in [3.05, 3.63) is 22.5 Å². The van der Waals surface area contributed by atoms with Crippen LogP contribution in [0.5, 0.6) is 5.75 Å². The molecule has 5 nitrogen and oxygen atoms in total. The summed E-state index contributed by atoms with van der Waals surface area (Å²) in [5, 5.41) is 4.10. The van der Waals surface area contributed by atoms with E-state index in [1.165, 1.54) is 0 Å². The van der Waals surface area contributed by atoms with Gasteiger partial charge >= 0.3 is 0 Å². The molecule has 0 bridgehead atoms. The first-order valence-corrected chi connectivity index (χ1v) is 10.1. The van der Waals surface area contributed by atoms with Crippen LogP contribution in [-0.2, 0) is 9.53 Å². The van der Waals surface area contributed by atoms with Crippen LogP contribution < -0.4 is 4.74 Å². The van der Waals surface area contributed by atoms with Gasteiger partial charge in [0.25, 0.3) is 5.91 Å². The molecular weight excluding hydrogens is 356 g/mol. The van der Waals surface area contributed by atoms with E-state index in [0.29, 0.717) is 6.54 Å². The number of thiophene rings is 1. The minimum Gasteiger partial charge on any atom is -0.483 e. The lowest BCUT2D eigenvalue weighted by atomic mass is 10.2. The van der Waals surface area contributed by atoms with E-state index in [1.54, 1.807) is 27.6 Å². The number of likely N-dealkylation sites (N-methyl/N-ethyl adjacent to an activating group) is 1. The summed E-state index contributed by atoms with van der Waals surface area (Å²) < 4.78 is 13.7. The van der Waals surface area contributed by atoms with E-state index in [4.69, 9.17) is 9.47 Å². The zero-order valence-corrected chi connectivity index (χ0v) is 15.9. The molecule has 0 radical (unpaired) electrons. The SMILES string of the molecule is Cc1nc2c(cc(OCC(=O)N(C)CC3CCCO3)c3ccsc32)s1. The van der Waals surface area contributed by atoms with Gasteiger partial charge in [-0.25, -0.2) is 4.98 Å². The summed E-state index contributed by atoms with van der Waals surface area (Å²) in [6, 6.07) is 4.03. The van der Waals surface area contributed by atoms with Gasteiger partial charge in [-0.05, 0) is 31.2 Å². The zero-order chi connectivity index (χ0) is 17.4. The molecule has 4 rings (SSSR count). The van der Waals surface area contributed by atoms with Gasteiger partial charge in [0.15, 0.2) is 6.61 Å². The van der Waals surface area contributed by atoms with Gasteiger partial charge in [-0.1, -0.05) is 0 Å². The molecule has 1 unspecified atom stereocenters. The van der Waals surface area contributed by atoms with Gasteiger partial charge in [-0.15, -0.1) is 22.7 Å². The van der Waals surface area contributed by atoms with Crippen LogP contribution in [0.2, 0.25) is 0 Å². The number of nitrogens with zero attached hydrogens (tertiary/aromatic N) is 2. The lowest BCUT2D eigenvalue weighted by Crippen LogP contribution is -2.37. The summed E-state index contributed by atoms with van der Waals surface area (Å²) >= 11 is 3.31. The number of amides is 1. The molecule has 1 amide bonds. The first kappa shape index (κ1) is 16.8. The maximum atomic E-state index is 12.4. The third-order valence-electron chi connectivity index (χ3n) is 4.45. The molecule has 1 aliphatic rings. The van der Waals surface area contributed by atoms with Crippen molar-refractivity contribution in [1.29, 1.82) is 0 Å². The minimum absolute atomic E-state index is 0.0283. The van der Waals surface area contributed by atoms with Crippen LogP contribution in [0.3, 0.4) is 0 Å². The molecule has 0 aliphatic carbocycles. The molecule has 25 heavy (non-hydrogen) atoms. The van der Waals surface area contributed by atoms with Gasteiger partial charge in [-0.2, -0.15) is 0 Å². The van der Waals surface area contributed by atoms with E-state index in [0.717, 1.165) is 50.5 Å². The van der Waals surface area contributed by atoms with E-state index < -0.39 is 0 Å². The highest BCUT2D eigenvalue weighted by molar-refractivity contribution is 7.21. The van der Waals surface area contributed by atoms with E-state index in [-0.39, 0.29) is 18.6 Å². The Kier molecular flexibility index (Phi) is 4.62. The molecule has 1 atom stereocenters. The number of hydrogen-bond donors (Lipinski definition) is 0. The summed E-state index contributed by atoms with van der Waals surface area (Å²) in [5.41, 5.74) is 1.03. The van der Waals surface area contributed by atoms with Crippen LogP contribution >= 0.6 is 22.7 Å². The van der Waals surface area contributed by atoms with Gasteiger partial charge in [0.05, 0.1) is 26.0 Å². The Morgan fingerprint density at radius 2 is 2.40 bits per heavy atom. The lowest BCUT2D eigenvalue weighted by molar-refractivity contribution is -0.133. The van der Waals surface area contributed by atoms with Crippen molar-refractivity contribution in [2.45, 2.75) is 25.9 Å². The average Bonchev–Trinajstić information content (AvgIpc) is 3.31. The highest BCUT2D eigenvalue weighted by atomic mass is 32.1. The summed E-state index contributed by atoms with van der Waals surface area (Å²) in [5.74, 6) is 0.728. The molecule has 1 aliphatic heterocycles. The summed E-state index contributed by atoms with van der Waals surface area (Å²) in [7, 11) is 1.81. The Labute approximate surface area is 154 Å². The van der Waals surface area contributed by atoms with Crippen LogP contribution in [-0.4, -0.2) is 48.7 Å². The molecule has 0 saturated carbocycles. The number of thiazole rings is 1. The monoisotopic (exact) mass is 376 g/mol. The molecular formula is C18H20N2O3S2. The van der Waals surface area contributed by atoms with Gasteiger partial charge in [-0.3, -0.25) is 4.79 Å². The second kappa shape index (κ2) is 6.90. The second-order valence-electron chi connectivity index (χ2n) is 6.32. The maximum absolute atomic E-state index is 12.4. The number of hydrogen-bond acceptors (Lipinski definition) is 6. The van der Waals surface area contributed by atoms with Crippen molar-refractivity contribution in [2.75, 3.05) is 26.8 Å². The normalized spacial score (nSPS) is 17.4. The molecule has 1 saturated heterocycles. The van der Waals surface area contributed by atoms with E-state index in [9.17, 15) is 4.79 Å². The molecule has 132 valence electrons.